The fraction of sp³-hybridized carbons (Fsp3) is 0.875. The van der Waals surface area contributed by atoms with Crippen molar-refractivity contribution in [3.8, 4) is 0 Å². The van der Waals surface area contributed by atoms with Crippen molar-refractivity contribution in [3.63, 3.8) is 0 Å². The minimum atomic E-state index is 0.522. The molecule has 0 radical (unpaired) electrons. The molecule has 1 atom stereocenters. The predicted molar refractivity (Wildman–Crippen MR) is 116 cm³/mol. The Bertz CT molecular complexity index is 422. The summed E-state index contributed by atoms with van der Waals surface area (Å²) in [6, 6.07) is 0.522. The van der Waals surface area contributed by atoms with Crippen LogP contribution in [0.1, 0.15) is 142 Å². The zero-order chi connectivity index (χ0) is 19.0. The van der Waals surface area contributed by atoms with Crippen LogP contribution >= 0.6 is 0 Å². The zero-order valence-corrected chi connectivity index (χ0v) is 18.3. The lowest BCUT2D eigenvalue weighted by molar-refractivity contribution is 0.457. The van der Waals surface area contributed by atoms with Crippen LogP contribution in [0.4, 0.5) is 0 Å². The number of unbranched alkanes of at least 4 members (excludes halogenated alkanes) is 11. The maximum atomic E-state index is 4.69. The first-order valence-corrected chi connectivity index (χ1v) is 11.7. The number of hydrogen-bond acceptors (Lipinski definition) is 1. The summed E-state index contributed by atoms with van der Waals surface area (Å²) in [5, 5.41) is 0. The lowest BCUT2D eigenvalue weighted by Gasteiger charge is -2.20. The van der Waals surface area contributed by atoms with Crippen molar-refractivity contribution in [1.82, 2.24) is 9.55 Å². The van der Waals surface area contributed by atoms with E-state index in [1.165, 1.54) is 102 Å². The van der Waals surface area contributed by atoms with Crippen LogP contribution in [0.3, 0.4) is 0 Å². The Balaban J connectivity index is 2.10. The minimum Gasteiger partial charge on any atom is -0.332 e. The van der Waals surface area contributed by atoms with Gasteiger partial charge in [-0.15, -0.1) is 0 Å². The predicted octanol–water partition coefficient (Wildman–Crippen LogP) is 8.44. The fourth-order valence-corrected chi connectivity index (χ4v) is 4.06. The maximum absolute atomic E-state index is 4.69. The Morgan fingerprint density at radius 1 is 0.731 bits per heavy atom. The van der Waals surface area contributed by atoms with Crippen LogP contribution in [0.2, 0.25) is 0 Å². The second-order valence-corrected chi connectivity index (χ2v) is 8.45. The van der Waals surface area contributed by atoms with E-state index < -0.39 is 0 Å². The van der Waals surface area contributed by atoms with E-state index in [1.54, 1.807) is 0 Å². The topological polar surface area (TPSA) is 17.8 Å². The van der Waals surface area contributed by atoms with Gasteiger partial charge < -0.3 is 4.57 Å². The molecule has 0 amide bonds. The van der Waals surface area contributed by atoms with Gasteiger partial charge in [0.1, 0.15) is 5.82 Å². The largest absolute Gasteiger partial charge is 0.332 e. The van der Waals surface area contributed by atoms with Gasteiger partial charge in [-0.2, -0.15) is 0 Å². The van der Waals surface area contributed by atoms with Gasteiger partial charge in [-0.3, -0.25) is 0 Å². The van der Waals surface area contributed by atoms with E-state index in [1.807, 2.05) is 6.20 Å². The Kier molecular flexibility index (Phi) is 13.7. The van der Waals surface area contributed by atoms with Crippen molar-refractivity contribution in [3.05, 3.63) is 18.2 Å². The summed E-state index contributed by atoms with van der Waals surface area (Å²) < 4.78 is 2.38. The molecule has 0 aliphatic heterocycles. The molecule has 1 aromatic heterocycles. The van der Waals surface area contributed by atoms with E-state index in [9.17, 15) is 0 Å². The van der Waals surface area contributed by atoms with Crippen LogP contribution in [0.25, 0.3) is 0 Å². The Morgan fingerprint density at radius 3 is 1.77 bits per heavy atom. The Hall–Kier alpha value is -0.790. The molecule has 0 saturated heterocycles. The highest BCUT2D eigenvalue weighted by Gasteiger charge is 2.17. The highest BCUT2D eigenvalue weighted by molar-refractivity contribution is 5.02. The zero-order valence-electron chi connectivity index (χ0n) is 18.3. The second kappa shape index (κ2) is 15.3. The van der Waals surface area contributed by atoms with Gasteiger partial charge in [0.05, 0.1) is 0 Å². The molecule has 1 heterocycles. The molecule has 26 heavy (non-hydrogen) atoms. The number of nitrogens with zero attached hydrogens (tertiary/aromatic N) is 2. The summed E-state index contributed by atoms with van der Waals surface area (Å²) in [6.07, 6.45) is 25.1. The molecule has 1 rings (SSSR count). The third-order valence-corrected chi connectivity index (χ3v) is 5.66. The Labute approximate surface area is 164 Å². The first kappa shape index (κ1) is 23.2. The van der Waals surface area contributed by atoms with Crippen LogP contribution in [0, 0.1) is 0 Å². The number of aromatic nitrogens is 2. The van der Waals surface area contributed by atoms with Crippen LogP contribution in [0.5, 0.6) is 0 Å². The molecule has 1 unspecified atom stereocenters. The molecule has 1 aromatic rings. The summed E-state index contributed by atoms with van der Waals surface area (Å²) in [5.41, 5.74) is 0. The van der Waals surface area contributed by atoms with Crippen LogP contribution in [-0.2, 0) is 0 Å². The van der Waals surface area contributed by atoms with E-state index in [0.717, 1.165) is 0 Å². The second-order valence-electron chi connectivity index (χ2n) is 8.45. The molecule has 152 valence electrons. The van der Waals surface area contributed by atoms with Crippen molar-refractivity contribution in [1.29, 1.82) is 0 Å². The van der Waals surface area contributed by atoms with E-state index in [-0.39, 0.29) is 0 Å². The van der Waals surface area contributed by atoms with E-state index in [4.69, 9.17) is 4.98 Å². The van der Waals surface area contributed by atoms with E-state index >= 15 is 0 Å². The third kappa shape index (κ3) is 9.78. The average molecular weight is 363 g/mol. The summed E-state index contributed by atoms with van der Waals surface area (Å²) in [4.78, 5) is 4.69. The van der Waals surface area contributed by atoms with Crippen LogP contribution in [-0.4, -0.2) is 9.55 Å². The van der Waals surface area contributed by atoms with Crippen molar-refractivity contribution < 1.29 is 0 Å². The van der Waals surface area contributed by atoms with Gasteiger partial charge in [-0.25, -0.2) is 4.98 Å². The molecule has 0 aliphatic carbocycles. The van der Waals surface area contributed by atoms with Gasteiger partial charge in [0.15, 0.2) is 0 Å². The smallest absolute Gasteiger partial charge is 0.111 e. The Morgan fingerprint density at radius 2 is 1.27 bits per heavy atom. The number of imidazole rings is 1. The molecule has 0 bridgehead atoms. The van der Waals surface area contributed by atoms with Gasteiger partial charge in [0.25, 0.3) is 0 Å². The quantitative estimate of drug-likeness (QED) is 0.254. The summed E-state index contributed by atoms with van der Waals surface area (Å²) in [7, 11) is 0. The van der Waals surface area contributed by atoms with Crippen molar-refractivity contribution in [2.75, 3.05) is 0 Å². The standard InChI is InChI=1S/C24H46N2/c1-5-7-8-9-10-11-12-13-14-15-16-17-19-23(18-6-2)24-25-20-21-26(24)22(3)4/h20-23H,5-19H2,1-4H3. The van der Waals surface area contributed by atoms with Gasteiger partial charge in [0.2, 0.25) is 0 Å². The highest BCUT2D eigenvalue weighted by Crippen LogP contribution is 2.28. The molecule has 0 aliphatic rings. The third-order valence-electron chi connectivity index (χ3n) is 5.66. The number of rotatable bonds is 17. The first-order chi connectivity index (χ1) is 12.7. The van der Waals surface area contributed by atoms with E-state index in [0.29, 0.717) is 12.0 Å². The van der Waals surface area contributed by atoms with Gasteiger partial charge in [-0.05, 0) is 26.7 Å². The monoisotopic (exact) mass is 362 g/mol. The normalized spacial score (nSPS) is 12.8. The molecule has 0 N–H and O–H groups in total. The highest BCUT2D eigenvalue weighted by atomic mass is 15.1. The molecule has 2 heteroatoms. The lowest BCUT2D eigenvalue weighted by atomic mass is 9.94. The average Bonchev–Trinajstić information content (AvgIpc) is 3.11. The van der Waals surface area contributed by atoms with Gasteiger partial charge in [-0.1, -0.05) is 97.3 Å². The van der Waals surface area contributed by atoms with E-state index in [2.05, 4.69) is 38.5 Å². The maximum Gasteiger partial charge on any atom is 0.111 e. The summed E-state index contributed by atoms with van der Waals surface area (Å²) in [5.74, 6) is 1.98. The molecule has 0 aromatic carbocycles. The first-order valence-electron chi connectivity index (χ1n) is 11.7. The molecule has 0 saturated carbocycles. The minimum absolute atomic E-state index is 0.522. The van der Waals surface area contributed by atoms with Crippen LogP contribution < -0.4 is 0 Å². The number of hydrogen-bond donors (Lipinski definition) is 0. The molecule has 0 fully saturated rings. The van der Waals surface area contributed by atoms with Gasteiger partial charge >= 0.3 is 0 Å². The van der Waals surface area contributed by atoms with Crippen molar-refractivity contribution >= 4 is 0 Å². The van der Waals surface area contributed by atoms with Crippen molar-refractivity contribution in [2.24, 2.45) is 0 Å². The molecular formula is C24H46N2. The molecule has 0 spiro atoms. The SMILES string of the molecule is CCCCCCCCCCCCCCC(CCC)c1nccn1C(C)C. The summed E-state index contributed by atoms with van der Waals surface area (Å²) >= 11 is 0. The molecular weight excluding hydrogens is 316 g/mol. The summed E-state index contributed by atoms with van der Waals surface area (Å²) in [6.45, 7) is 9.12. The molecule has 2 nitrogen and oxygen atoms in total. The van der Waals surface area contributed by atoms with Crippen molar-refractivity contribution in [2.45, 2.75) is 136 Å². The van der Waals surface area contributed by atoms with Crippen LogP contribution in [0.15, 0.2) is 12.4 Å². The van der Waals surface area contributed by atoms with Gasteiger partial charge in [0, 0.05) is 24.4 Å². The fourth-order valence-electron chi connectivity index (χ4n) is 4.06. The lowest BCUT2D eigenvalue weighted by Crippen LogP contribution is -2.11.